The molecule has 1 aliphatic rings. The van der Waals surface area contributed by atoms with Crippen LogP contribution < -0.4 is 0 Å². The first kappa shape index (κ1) is 24.9. The third-order valence-corrected chi connectivity index (χ3v) is 5.58. The van der Waals surface area contributed by atoms with Gasteiger partial charge in [0.15, 0.2) is 11.0 Å². The Labute approximate surface area is 185 Å². The lowest BCUT2D eigenvalue weighted by Crippen LogP contribution is -2.52. The van der Waals surface area contributed by atoms with Gasteiger partial charge in [-0.15, -0.1) is 10.2 Å². The van der Waals surface area contributed by atoms with Crippen LogP contribution in [0, 0.1) is 0 Å². The van der Waals surface area contributed by atoms with Gasteiger partial charge in [-0.25, -0.2) is 17.6 Å². The van der Waals surface area contributed by atoms with Crippen LogP contribution in [0.3, 0.4) is 0 Å². The van der Waals surface area contributed by atoms with Crippen molar-refractivity contribution in [2.24, 2.45) is 12.1 Å². The quantitative estimate of drug-likeness (QED) is 0.461. The number of carbonyl (C=O) groups is 1. The number of aliphatic hydroxyl groups is 1. The van der Waals surface area contributed by atoms with Crippen molar-refractivity contribution < 1.29 is 40.6 Å². The zero-order chi connectivity index (χ0) is 24.7. The first-order valence-corrected chi connectivity index (χ1v) is 10.1. The maximum atomic E-state index is 13.3. The normalized spacial score (nSPS) is 19.2. The van der Waals surface area contributed by atoms with Crippen LogP contribution >= 0.6 is 11.8 Å². The number of hydrogen-bond acceptors (Lipinski definition) is 7. The van der Waals surface area contributed by atoms with E-state index in [0.29, 0.717) is 16.4 Å². The maximum Gasteiger partial charge on any atom is 0.433 e. The number of nitrogens with zero attached hydrogens (tertiary/aromatic N) is 7. The Hall–Kier alpha value is -2.69. The number of alkyl halides is 7. The molecule has 33 heavy (non-hydrogen) atoms. The highest BCUT2D eigenvalue weighted by atomic mass is 32.2. The molecule has 1 atom stereocenters. The van der Waals surface area contributed by atoms with E-state index >= 15 is 0 Å². The molecule has 3 heterocycles. The summed E-state index contributed by atoms with van der Waals surface area (Å²) in [4.78, 5) is 12.4. The second kappa shape index (κ2) is 8.92. The Kier molecular flexibility index (Phi) is 6.74. The van der Waals surface area contributed by atoms with Gasteiger partial charge in [0.25, 0.3) is 18.8 Å². The predicted molar refractivity (Wildman–Crippen MR) is 99.5 cm³/mol. The van der Waals surface area contributed by atoms with Crippen LogP contribution in [0.1, 0.15) is 19.0 Å². The summed E-state index contributed by atoms with van der Waals surface area (Å²) in [6.45, 7) is 1.76. The van der Waals surface area contributed by atoms with Crippen molar-refractivity contribution in [1.82, 2.24) is 29.6 Å². The van der Waals surface area contributed by atoms with Gasteiger partial charge in [-0.3, -0.25) is 9.48 Å². The molecule has 1 aliphatic heterocycles. The maximum absolute atomic E-state index is 13.3. The molecule has 1 N–H and O–H groups in total. The number of thioether (sulfide) groups is 1. The molecule has 0 spiro atoms. The van der Waals surface area contributed by atoms with Gasteiger partial charge in [0.2, 0.25) is 5.72 Å². The molecule has 0 radical (unpaired) electrons. The molecule has 2 aromatic heterocycles. The van der Waals surface area contributed by atoms with E-state index in [4.69, 9.17) is 0 Å². The fraction of sp³-hybridized carbons (Fsp3) is 0.562. The average molecular weight is 503 g/mol. The van der Waals surface area contributed by atoms with Crippen molar-refractivity contribution in [3.63, 3.8) is 0 Å². The van der Waals surface area contributed by atoms with E-state index in [1.165, 1.54) is 4.57 Å². The van der Waals surface area contributed by atoms with Crippen LogP contribution in [0.2, 0.25) is 0 Å². The van der Waals surface area contributed by atoms with Crippen molar-refractivity contribution in [2.45, 2.75) is 49.8 Å². The van der Waals surface area contributed by atoms with Crippen LogP contribution in [-0.2, 0) is 24.6 Å². The summed E-state index contributed by atoms with van der Waals surface area (Å²) >= 11 is 0.649. The fourth-order valence-electron chi connectivity index (χ4n) is 3.05. The van der Waals surface area contributed by atoms with Crippen LogP contribution in [-0.4, -0.2) is 70.6 Å². The molecule has 0 unspecified atom stereocenters. The van der Waals surface area contributed by atoms with Crippen molar-refractivity contribution in [3.05, 3.63) is 11.8 Å². The number of amides is 1. The zero-order valence-electron chi connectivity index (χ0n) is 16.9. The van der Waals surface area contributed by atoms with Crippen molar-refractivity contribution in [1.29, 1.82) is 0 Å². The lowest BCUT2D eigenvalue weighted by Gasteiger charge is -2.29. The molecule has 17 heteroatoms. The first-order chi connectivity index (χ1) is 15.3. The minimum absolute atomic E-state index is 0.0258. The van der Waals surface area contributed by atoms with Gasteiger partial charge in [0.05, 0.1) is 5.75 Å². The molecule has 0 aromatic carbocycles. The van der Waals surface area contributed by atoms with Crippen LogP contribution in [0.15, 0.2) is 16.3 Å². The fourth-order valence-corrected chi connectivity index (χ4v) is 3.90. The monoisotopic (exact) mass is 503 g/mol. The number of hydrogen-bond donors (Lipinski definition) is 1. The summed E-state index contributed by atoms with van der Waals surface area (Å²) in [5.74, 6) is -1.90. The van der Waals surface area contributed by atoms with Gasteiger partial charge < -0.3 is 9.67 Å². The molecule has 0 saturated carbocycles. The Morgan fingerprint density at radius 1 is 1.27 bits per heavy atom. The van der Waals surface area contributed by atoms with Crippen molar-refractivity contribution in [3.8, 4) is 11.5 Å². The zero-order valence-corrected chi connectivity index (χ0v) is 17.7. The summed E-state index contributed by atoms with van der Waals surface area (Å²) in [5.41, 5.74) is -5.45. The number of rotatable bonds is 7. The number of hydrazone groups is 1. The van der Waals surface area contributed by atoms with E-state index < -0.39 is 54.2 Å². The third-order valence-electron chi connectivity index (χ3n) is 4.63. The Morgan fingerprint density at radius 3 is 2.45 bits per heavy atom. The SMILES string of the molecule is CCn1c(SCC(=O)N2N=C(C(F)F)C[C@]2(O)C(F)F)nnc1-c1cc(C(F)(F)F)n(C)n1. The van der Waals surface area contributed by atoms with Gasteiger partial charge in [-0.05, 0) is 13.0 Å². The molecular formula is C16H16F7N7O2S. The molecule has 0 aliphatic carbocycles. The molecule has 9 nitrogen and oxygen atoms in total. The van der Waals surface area contributed by atoms with Gasteiger partial charge in [-0.2, -0.15) is 28.4 Å². The van der Waals surface area contributed by atoms with Crippen molar-refractivity contribution in [2.75, 3.05) is 5.75 Å². The summed E-state index contributed by atoms with van der Waals surface area (Å²) in [6, 6.07) is 0.767. The van der Waals surface area contributed by atoms with Crippen LogP contribution in [0.4, 0.5) is 30.7 Å². The molecular weight excluding hydrogens is 487 g/mol. The Morgan fingerprint density at radius 2 is 1.94 bits per heavy atom. The van der Waals surface area contributed by atoms with E-state index in [0.717, 1.165) is 13.1 Å². The van der Waals surface area contributed by atoms with E-state index in [2.05, 4.69) is 20.4 Å². The highest BCUT2D eigenvalue weighted by Crippen LogP contribution is 2.35. The van der Waals surface area contributed by atoms with Gasteiger partial charge in [0.1, 0.15) is 17.1 Å². The predicted octanol–water partition coefficient (Wildman–Crippen LogP) is 2.62. The number of aryl methyl sites for hydroxylation is 1. The summed E-state index contributed by atoms with van der Waals surface area (Å²) in [5, 5.41) is 24.5. The Bertz CT molecular complexity index is 1070. The molecule has 2 aromatic rings. The Balaban J connectivity index is 1.81. The van der Waals surface area contributed by atoms with E-state index in [1.54, 1.807) is 6.92 Å². The van der Waals surface area contributed by atoms with E-state index in [1.807, 2.05) is 0 Å². The van der Waals surface area contributed by atoms with E-state index in [-0.39, 0.29) is 28.2 Å². The minimum atomic E-state index is -4.66. The minimum Gasteiger partial charge on any atom is -0.364 e. The lowest BCUT2D eigenvalue weighted by molar-refractivity contribution is -0.190. The molecule has 0 bridgehead atoms. The standard InChI is InChI=1S/C16H16F7N7O2S/c1-3-29-12(7-4-9(16(21,22)23)28(2)26-7)24-25-14(29)33-6-10(31)30-15(32,13(19)20)5-8(27-30)11(17)18/h4,11,13,32H,3,5-6H2,1-2H3/t15-/m0/s1. The molecule has 0 fully saturated rings. The van der Waals surface area contributed by atoms with Crippen LogP contribution in [0.5, 0.6) is 0 Å². The molecule has 182 valence electrons. The highest BCUT2D eigenvalue weighted by molar-refractivity contribution is 7.99. The highest BCUT2D eigenvalue weighted by Gasteiger charge is 2.53. The summed E-state index contributed by atoms with van der Waals surface area (Å²) < 4.78 is 93.4. The van der Waals surface area contributed by atoms with Gasteiger partial charge in [0, 0.05) is 20.0 Å². The topological polar surface area (TPSA) is 101 Å². The lowest BCUT2D eigenvalue weighted by atomic mass is 10.1. The number of halogens is 7. The summed E-state index contributed by atoms with van der Waals surface area (Å²) in [7, 11) is 1.10. The smallest absolute Gasteiger partial charge is 0.364 e. The average Bonchev–Trinajstić information content (AvgIpc) is 3.40. The van der Waals surface area contributed by atoms with E-state index in [9.17, 15) is 40.6 Å². The molecule has 1 amide bonds. The second-order valence-corrected chi connectivity index (χ2v) is 7.77. The third kappa shape index (κ3) is 4.68. The number of carbonyl (C=O) groups excluding carboxylic acids is 1. The molecule has 0 saturated heterocycles. The number of aromatic nitrogens is 5. The first-order valence-electron chi connectivity index (χ1n) is 9.16. The molecule has 3 rings (SSSR count). The second-order valence-electron chi connectivity index (χ2n) is 6.83. The van der Waals surface area contributed by atoms with Crippen LogP contribution in [0.25, 0.3) is 11.5 Å². The largest absolute Gasteiger partial charge is 0.433 e. The summed E-state index contributed by atoms with van der Waals surface area (Å²) in [6.07, 6.45) is -12.7. The van der Waals surface area contributed by atoms with Gasteiger partial charge in [-0.1, -0.05) is 11.8 Å². The van der Waals surface area contributed by atoms with Gasteiger partial charge >= 0.3 is 6.18 Å². The van der Waals surface area contributed by atoms with Crippen molar-refractivity contribution >= 4 is 23.4 Å².